The van der Waals surface area contributed by atoms with Gasteiger partial charge in [-0.25, -0.2) is 0 Å². The first-order valence-electron chi connectivity index (χ1n) is 4.32. The summed E-state index contributed by atoms with van der Waals surface area (Å²) in [4.78, 5) is 10.0. The van der Waals surface area contributed by atoms with E-state index in [1.165, 1.54) is 12.1 Å². The first kappa shape index (κ1) is 11.2. The first-order chi connectivity index (χ1) is 7.15. The molecule has 0 heterocycles. The van der Waals surface area contributed by atoms with Gasteiger partial charge in [-0.05, 0) is 0 Å². The van der Waals surface area contributed by atoms with Crippen LogP contribution in [0, 0.1) is 10.1 Å². The van der Waals surface area contributed by atoms with E-state index in [0.717, 1.165) is 0 Å². The molecule has 5 heteroatoms. The highest BCUT2D eigenvalue weighted by atomic mass is 16.6. The van der Waals surface area contributed by atoms with Gasteiger partial charge in [-0.2, -0.15) is 0 Å². The van der Waals surface area contributed by atoms with Gasteiger partial charge in [-0.3, -0.25) is 10.1 Å². The average Bonchev–Trinajstić information content (AvgIpc) is 2.26. The third-order valence-corrected chi connectivity index (χ3v) is 1.75. The highest BCUT2D eigenvalue weighted by molar-refractivity contribution is 5.60. The molecule has 0 spiro atoms. The molecule has 0 aliphatic carbocycles. The van der Waals surface area contributed by atoms with Crippen LogP contribution in [0.15, 0.2) is 30.8 Å². The van der Waals surface area contributed by atoms with E-state index in [9.17, 15) is 10.1 Å². The van der Waals surface area contributed by atoms with Gasteiger partial charge in [0.25, 0.3) is 5.69 Å². The normalized spacial score (nSPS) is 9.67. The van der Waals surface area contributed by atoms with Crippen molar-refractivity contribution in [3.63, 3.8) is 0 Å². The Kier molecular flexibility index (Phi) is 3.82. The zero-order chi connectivity index (χ0) is 11.3. The fourth-order valence-corrected chi connectivity index (χ4v) is 1.05. The Morgan fingerprint density at radius 3 is 2.93 bits per heavy atom. The highest BCUT2D eigenvalue weighted by Gasteiger charge is 2.07. The van der Waals surface area contributed by atoms with Crippen molar-refractivity contribution in [2.45, 2.75) is 0 Å². The number of nitro groups is 1. The van der Waals surface area contributed by atoms with Crippen LogP contribution in [0.4, 0.5) is 5.69 Å². The molecule has 0 aliphatic heterocycles. The summed E-state index contributed by atoms with van der Waals surface area (Å²) in [6.07, 6.45) is 0. The Morgan fingerprint density at radius 1 is 1.60 bits per heavy atom. The number of hydrogen-bond donors (Lipinski definition) is 1. The predicted octanol–water partition coefficient (Wildman–Crippen LogP) is 1.57. The molecule has 0 bridgehead atoms. The number of rotatable bonds is 5. The van der Waals surface area contributed by atoms with E-state index in [2.05, 4.69) is 6.58 Å². The molecule has 1 aromatic rings. The van der Waals surface area contributed by atoms with Gasteiger partial charge in [0, 0.05) is 17.7 Å². The molecule has 0 fully saturated rings. The van der Waals surface area contributed by atoms with Crippen LogP contribution in [0.1, 0.15) is 5.56 Å². The molecule has 1 N–H and O–H groups in total. The fourth-order valence-electron chi connectivity index (χ4n) is 1.05. The molecular formula is C10H11NO4. The van der Waals surface area contributed by atoms with Gasteiger partial charge in [0.1, 0.15) is 12.4 Å². The van der Waals surface area contributed by atoms with E-state index in [1.54, 1.807) is 12.1 Å². The summed E-state index contributed by atoms with van der Waals surface area (Å²) >= 11 is 0. The van der Waals surface area contributed by atoms with Crippen LogP contribution in [0.5, 0.6) is 0 Å². The Balaban J connectivity index is 2.81. The maximum absolute atomic E-state index is 10.5. The molecule has 0 aromatic heterocycles. The lowest BCUT2D eigenvalue weighted by atomic mass is 10.2. The van der Waals surface area contributed by atoms with E-state index in [1.807, 2.05) is 0 Å². The summed E-state index contributed by atoms with van der Waals surface area (Å²) in [5.74, 6) is 0.313. The summed E-state index contributed by atoms with van der Waals surface area (Å²) in [5, 5.41) is 19.0. The van der Waals surface area contributed by atoms with Crippen LogP contribution in [0.3, 0.4) is 0 Å². The molecule has 0 saturated carbocycles. The van der Waals surface area contributed by atoms with Crippen LogP contribution in [0.25, 0.3) is 5.76 Å². The molecular weight excluding hydrogens is 198 g/mol. The smallest absolute Gasteiger partial charge is 0.270 e. The van der Waals surface area contributed by atoms with Crippen LogP contribution in [-0.2, 0) is 4.74 Å². The van der Waals surface area contributed by atoms with Crippen LogP contribution >= 0.6 is 0 Å². The molecule has 0 atom stereocenters. The minimum Gasteiger partial charge on any atom is -0.491 e. The molecule has 1 aromatic carbocycles. The van der Waals surface area contributed by atoms with Crippen molar-refractivity contribution in [2.75, 3.05) is 13.2 Å². The molecule has 5 nitrogen and oxygen atoms in total. The first-order valence-corrected chi connectivity index (χ1v) is 4.32. The molecule has 0 unspecified atom stereocenters. The highest BCUT2D eigenvalue weighted by Crippen LogP contribution is 2.19. The second-order valence-electron chi connectivity index (χ2n) is 2.80. The second-order valence-corrected chi connectivity index (χ2v) is 2.80. The summed E-state index contributed by atoms with van der Waals surface area (Å²) in [5.41, 5.74) is 0.527. The second kappa shape index (κ2) is 5.11. The topological polar surface area (TPSA) is 72.6 Å². The van der Waals surface area contributed by atoms with Gasteiger partial charge in [-0.1, -0.05) is 18.7 Å². The van der Waals surface area contributed by atoms with Gasteiger partial charge in [0.05, 0.1) is 11.5 Å². The van der Waals surface area contributed by atoms with Gasteiger partial charge in [0.2, 0.25) is 0 Å². The van der Waals surface area contributed by atoms with E-state index in [-0.39, 0.29) is 18.9 Å². The largest absolute Gasteiger partial charge is 0.491 e. The van der Waals surface area contributed by atoms with Crippen molar-refractivity contribution in [3.05, 3.63) is 46.5 Å². The Labute approximate surface area is 86.8 Å². The van der Waals surface area contributed by atoms with E-state index < -0.39 is 4.92 Å². The monoisotopic (exact) mass is 209 g/mol. The molecule has 0 aliphatic rings. The van der Waals surface area contributed by atoms with Crippen molar-refractivity contribution in [3.8, 4) is 0 Å². The standard InChI is InChI=1S/C10H11NO4/c1-8(15-6-5-12)9-3-2-4-10(7-9)11(13)14/h2-4,7,12H,1,5-6H2. The molecule has 80 valence electrons. The number of benzene rings is 1. The SMILES string of the molecule is C=C(OCCO)c1cccc([N+](=O)[O-])c1. The van der Waals surface area contributed by atoms with Crippen LogP contribution in [0.2, 0.25) is 0 Å². The fraction of sp³-hybridized carbons (Fsp3) is 0.200. The van der Waals surface area contributed by atoms with Gasteiger partial charge in [0.15, 0.2) is 0 Å². The average molecular weight is 209 g/mol. The van der Waals surface area contributed by atoms with Crippen molar-refractivity contribution in [1.82, 2.24) is 0 Å². The predicted molar refractivity (Wildman–Crippen MR) is 55.2 cm³/mol. The van der Waals surface area contributed by atoms with Crippen molar-refractivity contribution < 1.29 is 14.8 Å². The maximum atomic E-state index is 10.5. The Morgan fingerprint density at radius 2 is 2.33 bits per heavy atom. The van der Waals surface area contributed by atoms with Gasteiger partial charge >= 0.3 is 0 Å². The van der Waals surface area contributed by atoms with Crippen molar-refractivity contribution in [2.24, 2.45) is 0 Å². The van der Waals surface area contributed by atoms with Gasteiger partial charge < -0.3 is 9.84 Å². The third kappa shape index (κ3) is 3.07. The van der Waals surface area contributed by atoms with E-state index >= 15 is 0 Å². The van der Waals surface area contributed by atoms with Crippen molar-refractivity contribution in [1.29, 1.82) is 0 Å². The summed E-state index contributed by atoms with van der Waals surface area (Å²) in [6, 6.07) is 5.98. The quantitative estimate of drug-likeness (QED) is 0.454. The van der Waals surface area contributed by atoms with Gasteiger partial charge in [-0.15, -0.1) is 0 Å². The summed E-state index contributed by atoms with van der Waals surface area (Å²) in [7, 11) is 0. The number of hydrogen-bond acceptors (Lipinski definition) is 4. The Hall–Kier alpha value is -1.88. The molecule has 0 amide bonds. The zero-order valence-corrected chi connectivity index (χ0v) is 8.05. The van der Waals surface area contributed by atoms with E-state index in [4.69, 9.17) is 9.84 Å². The Bertz CT molecular complexity index is 375. The maximum Gasteiger partial charge on any atom is 0.270 e. The number of non-ortho nitro benzene ring substituents is 1. The summed E-state index contributed by atoms with van der Waals surface area (Å²) < 4.78 is 5.04. The van der Waals surface area contributed by atoms with Crippen molar-refractivity contribution >= 4 is 11.4 Å². The number of aliphatic hydroxyl groups is 1. The number of aliphatic hydroxyl groups excluding tert-OH is 1. The zero-order valence-electron chi connectivity index (χ0n) is 8.05. The van der Waals surface area contributed by atoms with E-state index in [0.29, 0.717) is 11.3 Å². The molecule has 0 radical (unpaired) electrons. The lowest BCUT2D eigenvalue weighted by molar-refractivity contribution is -0.384. The number of nitrogens with zero attached hydrogens (tertiary/aromatic N) is 1. The minimum absolute atomic E-state index is 0.0127. The number of nitro benzene ring substituents is 1. The number of ether oxygens (including phenoxy) is 1. The molecule has 1 rings (SSSR count). The van der Waals surface area contributed by atoms with Crippen LogP contribution < -0.4 is 0 Å². The van der Waals surface area contributed by atoms with Crippen LogP contribution in [-0.4, -0.2) is 23.2 Å². The lowest BCUT2D eigenvalue weighted by Crippen LogP contribution is -1.98. The molecule has 15 heavy (non-hydrogen) atoms. The third-order valence-electron chi connectivity index (χ3n) is 1.75. The molecule has 0 saturated heterocycles. The minimum atomic E-state index is -0.483. The lowest BCUT2D eigenvalue weighted by Gasteiger charge is -2.06. The summed E-state index contributed by atoms with van der Waals surface area (Å²) in [6.45, 7) is 3.62.